The molecule has 1 aromatic carbocycles. The summed E-state index contributed by atoms with van der Waals surface area (Å²) in [4.78, 5) is 14.2. The highest BCUT2D eigenvalue weighted by Gasteiger charge is 2.35. The van der Waals surface area contributed by atoms with Crippen molar-refractivity contribution in [3.8, 4) is 0 Å². The highest BCUT2D eigenvalue weighted by atomic mass is 35.5. The van der Waals surface area contributed by atoms with Crippen LogP contribution in [0.3, 0.4) is 0 Å². The molecule has 1 aliphatic heterocycles. The second-order valence-corrected chi connectivity index (χ2v) is 6.44. The Kier molecular flexibility index (Phi) is 4.16. The van der Waals surface area contributed by atoms with E-state index in [0.717, 1.165) is 25.1 Å². The van der Waals surface area contributed by atoms with Gasteiger partial charge in [-0.1, -0.05) is 37.6 Å². The van der Waals surface area contributed by atoms with Gasteiger partial charge in [0.15, 0.2) is 0 Å². The van der Waals surface area contributed by atoms with E-state index in [2.05, 4.69) is 13.8 Å². The summed E-state index contributed by atoms with van der Waals surface area (Å²) in [7, 11) is 0. The molecule has 1 aromatic rings. The van der Waals surface area contributed by atoms with E-state index in [1.807, 2.05) is 29.2 Å². The lowest BCUT2D eigenvalue weighted by atomic mass is 9.79. The summed E-state index contributed by atoms with van der Waals surface area (Å²) in [5.41, 5.74) is 7.04. The highest BCUT2D eigenvalue weighted by molar-refractivity contribution is 6.30. The number of benzene rings is 1. The molecule has 1 fully saturated rings. The van der Waals surface area contributed by atoms with Gasteiger partial charge in [0.05, 0.1) is 6.42 Å². The summed E-state index contributed by atoms with van der Waals surface area (Å²) in [6.45, 7) is 5.73. The molecule has 0 aliphatic carbocycles. The third-order valence-electron chi connectivity index (χ3n) is 3.91. The van der Waals surface area contributed by atoms with Crippen molar-refractivity contribution in [2.24, 2.45) is 11.1 Å². The van der Waals surface area contributed by atoms with E-state index in [1.165, 1.54) is 0 Å². The van der Waals surface area contributed by atoms with Crippen molar-refractivity contribution < 1.29 is 4.79 Å². The Balaban J connectivity index is 2.01. The molecule has 1 unspecified atom stereocenters. The van der Waals surface area contributed by atoms with Gasteiger partial charge in [-0.3, -0.25) is 4.79 Å². The van der Waals surface area contributed by atoms with Gasteiger partial charge in [0, 0.05) is 24.2 Å². The number of hydrogen-bond donors (Lipinski definition) is 1. The van der Waals surface area contributed by atoms with Gasteiger partial charge in [-0.05, 0) is 29.5 Å². The smallest absolute Gasteiger partial charge is 0.227 e. The number of carbonyl (C=O) groups excluding carboxylic acids is 1. The maximum Gasteiger partial charge on any atom is 0.227 e. The molecule has 0 spiro atoms. The zero-order chi connectivity index (χ0) is 14.0. The highest BCUT2D eigenvalue weighted by Crippen LogP contribution is 2.28. The Labute approximate surface area is 119 Å². The fourth-order valence-electron chi connectivity index (χ4n) is 2.52. The predicted octanol–water partition coefficient (Wildman–Crippen LogP) is 2.47. The summed E-state index contributed by atoms with van der Waals surface area (Å²) in [5, 5.41) is 0.672. The lowest BCUT2D eigenvalue weighted by molar-refractivity contribution is -0.133. The molecular weight excluding hydrogens is 260 g/mol. The minimum Gasteiger partial charge on any atom is -0.342 e. The Hall–Kier alpha value is -1.06. The van der Waals surface area contributed by atoms with E-state index in [9.17, 15) is 4.79 Å². The van der Waals surface area contributed by atoms with Gasteiger partial charge >= 0.3 is 0 Å². The van der Waals surface area contributed by atoms with Crippen molar-refractivity contribution >= 4 is 17.5 Å². The summed E-state index contributed by atoms with van der Waals surface area (Å²) < 4.78 is 0. The summed E-state index contributed by atoms with van der Waals surface area (Å²) in [5.74, 6) is 0.155. The van der Waals surface area contributed by atoms with E-state index in [0.29, 0.717) is 11.4 Å². The number of rotatable bonds is 2. The standard InChI is InChI=1S/C15H21ClN2O/c1-15(2)10-18(7-6-13(15)17)14(19)9-11-4-3-5-12(16)8-11/h3-5,8,13H,6-7,9-10,17H2,1-2H3. The van der Waals surface area contributed by atoms with Crippen LogP contribution in [0, 0.1) is 5.41 Å². The molecule has 4 heteroatoms. The number of likely N-dealkylation sites (tertiary alicyclic amines) is 1. The molecule has 1 aliphatic rings. The summed E-state index contributed by atoms with van der Waals surface area (Å²) in [6.07, 6.45) is 1.28. The van der Waals surface area contributed by atoms with E-state index in [-0.39, 0.29) is 17.4 Å². The molecule has 2 N–H and O–H groups in total. The van der Waals surface area contributed by atoms with Crippen LogP contribution in [0.4, 0.5) is 0 Å². The zero-order valence-electron chi connectivity index (χ0n) is 11.5. The third-order valence-corrected chi connectivity index (χ3v) is 4.14. The lowest BCUT2D eigenvalue weighted by Gasteiger charge is -2.42. The van der Waals surface area contributed by atoms with Crippen LogP contribution < -0.4 is 5.73 Å². The number of nitrogens with two attached hydrogens (primary N) is 1. The number of nitrogens with zero attached hydrogens (tertiary/aromatic N) is 1. The van der Waals surface area contributed by atoms with Crippen molar-refractivity contribution in [3.63, 3.8) is 0 Å². The van der Waals surface area contributed by atoms with Gasteiger partial charge < -0.3 is 10.6 Å². The van der Waals surface area contributed by atoms with Crippen LogP contribution in [0.5, 0.6) is 0 Å². The minimum atomic E-state index is -0.0117. The van der Waals surface area contributed by atoms with Crippen molar-refractivity contribution in [1.29, 1.82) is 0 Å². The van der Waals surface area contributed by atoms with E-state index in [1.54, 1.807) is 0 Å². The SMILES string of the molecule is CC1(C)CN(C(=O)Cc2cccc(Cl)c2)CCC1N. The quantitative estimate of drug-likeness (QED) is 0.905. The molecule has 19 heavy (non-hydrogen) atoms. The fourth-order valence-corrected chi connectivity index (χ4v) is 2.73. The van der Waals surface area contributed by atoms with Crippen molar-refractivity contribution in [2.75, 3.05) is 13.1 Å². The van der Waals surface area contributed by atoms with Crippen molar-refractivity contribution in [3.05, 3.63) is 34.9 Å². The minimum absolute atomic E-state index is 0.0117. The van der Waals surface area contributed by atoms with Crippen LogP contribution in [0.25, 0.3) is 0 Å². The molecule has 0 aromatic heterocycles. The molecule has 0 saturated carbocycles. The summed E-state index contributed by atoms with van der Waals surface area (Å²) >= 11 is 5.94. The van der Waals surface area contributed by atoms with Gasteiger partial charge in [-0.15, -0.1) is 0 Å². The maximum absolute atomic E-state index is 12.3. The predicted molar refractivity (Wildman–Crippen MR) is 78.1 cm³/mol. The first kappa shape index (κ1) is 14.4. The van der Waals surface area contributed by atoms with Gasteiger partial charge in [-0.2, -0.15) is 0 Å². The number of piperidine rings is 1. The van der Waals surface area contributed by atoms with Gasteiger partial charge in [0.2, 0.25) is 5.91 Å². The molecule has 2 rings (SSSR count). The topological polar surface area (TPSA) is 46.3 Å². The Morgan fingerprint density at radius 3 is 2.89 bits per heavy atom. The van der Waals surface area contributed by atoms with Crippen LogP contribution in [-0.2, 0) is 11.2 Å². The zero-order valence-corrected chi connectivity index (χ0v) is 12.3. The lowest BCUT2D eigenvalue weighted by Crippen LogP contribution is -2.54. The number of amides is 1. The molecule has 104 valence electrons. The van der Waals surface area contributed by atoms with E-state index >= 15 is 0 Å². The van der Waals surface area contributed by atoms with Crippen LogP contribution in [-0.4, -0.2) is 29.9 Å². The summed E-state index contributed by atoms with van der Waals surface area (Å²) in [6, 6.07) is 7.65. The first-order valence-corrected chi connectivity index (χ1v) is 7.04. The molecule has 1 amide bonds. The van der Waals surface area contributed by atoms with Gasteiger partial charge in [0.25, 0.3) is 0 Å². The monoisotopic (exact) mass is 280 g/mol. The van der Waals surface area contributed by atoms with Crippen LogP contribution in [0.1, 0.15) is 25.8 Å². The molecule has 0 radical (unpaired) electrons. The Morgan fingerprint density at radius 1 is 1.53 bits per heavy atom. The number of halogens is 1. The maximum atomic E-state index is 12.3. The average Bonchev–Trinajstić information content (AvgIpc) is 2.32. The van der Waals surface area contributed by atoms with Crippen molar-refractivity contribution in [1.82, 2.24) is 4.90 Å². The molecule has 0 bridgehead atoms. The van der Waals surface area contributed by atoms with Crippen LogP contribution in [0.15, 0.2) is 24.3 Å². The molecule has 3 nitrogen and oxygen atoms in total. The normalized spacial score (nSPS) is 22.3. The average molecular weight is 281 g/mol. The van der Waals surface area contributed by atoms with Gasteiger partial charge in [-0.25, -0.2) is 0 Å². The largest absolute Gasteiger partial charge is 0.342 e. The number of hydrogen-bond acceptors (Lipinski definition) is 2. The second kappa shape index (κ2) is 5.51. The second-order valence-electron chi connectivity index (χ2n) is 6.01. The molecular formula is C15H21ClN2O. The van der Waals surface area contributed by atoms with Crippen LogP contribution in [0.2, 0.25) is 5.02 Å². The number of carbonyl (C=O) groups is 1. The third kappa shape index (κ3) is 3.48. The fraction of sp³-hybridized carbons (Fsp3) is 0.533. The molecule has 1 atom stereocenters. The van der Waals surface area contributed by atoms with Crippen LogP contribution >= 0.6 is 11.6 Å². The van der Waals surface area contributed by atoms with E-state index < -0.39 is 0 Å². The Bertz CT molecular complexity index is 473. The first-order valence-electron chi connectivity index (χ1n) is 6.66. The van der Waals surface area contributed by atoms with Gasteiger partial charge in [0.1, 0.15) is 0 Å². The Morgan fingerprint density at radius 2 is 2.26 bits per heavy atom. The molecule has 1 heterocycles. The molecule has 1 saturated heterocycles. The van der Waals surface area contributed by atoms with Crippen molar-refractivity contribution in [2.45, 2.75) is 32.7 Å². The van der Waals surface area contributed by atoms with E-state index in [4.69, 9.17) is 17.3 Å². The first-order chi connectivity index (χ1) is 8.88.